The lowest BCUT2D eigenvalue weighted by atomic mass is 10.2. The largest absolute Gasteiger partial charge is 0.478 e. The summed E-state index contributed by atoms with van der Waals surface area (Å²) in [6.07, 6.45) is 4.08. The van der Waals surface area contributed by atoms with E-state index in [0.29, 0.717) is 11.6 Å². The molecule has 1 aromatic carbocycles. The molecule has 1 aromatic heterocycles. The average molecular weight is 202 g/mol. The lowest BCUT2D eigenvalue weighted by molar-refractivity contribution is 0.0699. The van der Waals surface area contributed by atoms with Gasteiger partial charge in [0.15, 0.2) is 0 Å². The van der Waals surface area contributed by atoms with Crippen molar-refractivity contribution < 1.29 is 9.90 Å². The maximum Gasteiger partial charge on any atom is 0.337 e. The molecule has 1 aliphatic rings. The van der Waals surface area contributed by atoms with E-state index in [-0.39, 0.29) is 5.56 Å². The van der Waals surface area contributed by atoms with Crippen LogP contribution in [0.2, 0.25) is 0 Å². The SMILES string of the molecule is O=C(O)c1cccc2c1ncn2C1CC1. The third kappa shape index (κ3) is 1.21. The topological polar surface area (TPSA) is 55.1 Å². The number of carboxylic acid groups (broad SMARTS) is 1. The molecule has 1 N–H and O–H groups in total. The van der Waals surface area contributed by atoms with Crippen LogP contribution in [0.15, 0.2) is 24.5 Å². The van der Waals surface area contributed by atoms with Crippen LogP contribution in [0, 0.1) is 0 Å². The van der Waals surface area contributed by atoms with Gasteiger partial charge in [-0.1, -0.05) is 6.07 Å². The molecule has 0 amide bonds. The Bertz CT molecular complexity index is 541. The molecule has 1 saturated carbocycles. The first-order chi connectivity index (χ1) is 7.27. The first-order valence-electron chi connectivity index (χ1n) is 4.96. The molecule has 15 heavy (non-hydrogen) atoms. The normalized spacial score (nSPS) is 15.7. The molecule has 0 saturated heterocycles. The predicted octanol–water partition coefficient (Wildman–Crippen LogP) is 2.07. The average Bonchev–Trinajstić information content (AvgIpc) is 2.97. The van der Waals surface area contributed by atoms with Gasteiger partial charge in [0.2, 0.25) is 0 Å². The van der Waals surface area contributed by atoms with E-state index in [4.69, 9.17) is 5.11 Å². The van der Waals surface area contributed by atoms with Crippen LogP contribution in [0.1, 0.15) is 29.2 Å². The molecule has 0 unspecified atom stereocenters. The van der Waals surface area contributed by atoms with Crippen LogP contribution < -0.4 is 0 Å². The number of rotatable bonds is 2. The van der Waals surface area contributed by atoms with Crippen molar-refractivity contribution in [3.63, 3.8) is 0 Å². The van der Waals surface area contributed by atoms with Crippen molar-refractivity contribution in [2.75, 3.05) is 0 Å². The molecule has 4 heteroatoms. The van der Waals surface area contributed by atoms with E-state index in [1.54, 1.807) is 18.5 Å². The highest BCUT2D eigenvalue weighted by molar-refractivity contribution is 6.00. The minimum Gasteiger partial charge on any atom is -0.478 e. The summed E-state index contributed by atoms with van der Waals surface area (Å²) >= 11 is 0. The maximum atomic E-state index is 11.0. The van der Waals surface area contributed by atoms with Crippen molar-refractivity contribution >= 4 is 17.0 Å². The maximum absolute atomic E-state index is 11.0. The van der Waals surface area contributed by atoms with Crippen molar-refractivity contribution in [2.24, 2.45) is 0 Å². The Morgan fingerprint density at radius 1 is 1.47 bits per heavy atom. The fraction of sp³-hybridized carbons (Fsp3) is 0.273. The molecule has 1 heterocycles. The van der Waals surface area contributed by atoms with Gasteiger partial charge in [0.1, 0.15) is 5.52 Å². The summed E-state index contributed by atoms with van der Waals surface area (Å²) in [5.41, 5.74) is 1.81. The lowest BCUT2D eigenvalue weighted by Gasteiger charge is -2.01. The van der Waals surface area contributed by atoms with E-state index >= 15 is 0 Å². The minimum absolute atomic E-state index is 0.284. The zero-order chi connectivity index (χ0) is 10.4. The van der Waals surface area contributed by atoms with E-state index in [1.165, 1.54) is 12.8 Å². The van der Waals surface area contributed by atoms with Gasteiger partial charge in [0, 0.05) is 6.04 Å². The van der Waals surface area contributed by atoms with Crippen LogP contribution in [0.5, 0.6) is 0 Å². The smallest absolute Gasteiger partial charge is 0.337 e. The van der Waals surface area contributed by atoms with E-state index in [1.807, 2.05) is 6.07 Å². The molecule has 0 radical (unpaired) electrons. The van der Waals surface area contributed by atoms with Gasteiger partial charge in [-0.2, -0.15) is 0 Å². The number of para-hydroxylation sites is 1. The Balaban J connectivity index is 2.27. The van der Waals surface area contributed by atoms with Crippen molar-refractivity contribution in [3.05, 3.63) is 30.1 Å². The molecule has 0 bridgehead atoms. The lowest BCUT2D eigenvalue weighted by Crippen LogP contribution is -1.97. The molecule has 1 aliphatic carbocycles. The van der Waals surface area contributed by atoms with Gasteiger partial charge >= 0.3 is 5.97 Å². The quantitative estimate of drug-likeness (QED) is 0.811. The number of nitrogens with zero attached hydrogens (tertiary/aromatic N) is 2. The van der Waals surface area contributed by atoms with Gasteiger partial charge in [0.05, 0.1) is 17.4 Å². The number of aromatic nitrogens is 2. The number of carbonyl (C=O) groups is 1. The second-order valence-electron chi connectivity index (χ2n) is 3.86. The van der Waals surface area contributed by atoms with Gasteiger partial charge in [-0.05, 0) is 25.0 Å². The minimum atomic E-state index is -0.915. The van der Waals surface area contributed by atoms with Crippen LogP contribution >= 0.6 is 0 Å². The second kappa shape index (κ2) is 2.82. The molecular formula is C11H10N2O2. The summed E-state index contributed by atoms with van der Waals surface area (Å²) in [5, 5.41) is 9.00. The molecule has 2 aromatic rings. The van der Waals surface area contributed by atoms with E-state index < -0.39 is 5.97 Å². The van der Waals surface area contributed by atoms with Crippen molar-refractivity contribution in [3.8, 4) is 0 Å². The Kier molecular flexibility index (Phi) is 1.59. The highest BCUT2D eigenvalue weighted by Crippen LogP contribution is 2.37. The fourth-order valence-corrected chi connectivity index (χ4v) is 1.87. The Morgan fingerprint density at radius 2 is 2.27 bits per heavy atom. The number of hydrogen-bond acceptors (Lipinski definition) is 2. The predicted molar refractivity (Wildman–Crippen MR) is 55.0 cm³/mol. The second-order valence-corrected chi connectivity index (χ2v) is 3.86. The number of hydrogen-bond donors (Lipinski definition) is 1. The molecule has 1 fully saturated rings. The summed E-state index contributed by atoms with van der Waals surface area (Å²) in [5.74, 6) is -0.915. The number of benzene rings is 1. The van der Waals surface area contributed by atoms with Crippen molar-refractivity contribution in [2.45, 2.75) is 18.9 Å². The van der Waals surface area contributed by atoms with E-state index in [9.17, 15) is 4.79 Å². The van der Waals surface area contributed by atoms with Crippen LogP contribution in [-0.2, 0) is 0 Å². The monoisotopic (exact) mass is 202 g/mol. The molecule has 0 atom stereocenters. The van der Waals surface area contributed by atoms with Crippen LogP contribution in [0.25, 0.3) is 11.0 Å². The highest BCUT2D eigenvalue weighted by atomic mass is 16.4. The first kappa shape index (κ1) is 8.47. The van der Waals surface area contributed by atoms with E-state index in [2.05, 4.69) is 9.55 Å². The van der Waals surface area contributed by atoms with Crippen LogP contribution in [-0.4, -0.2) is 20.6 Å². The number of imidazole rings is 1. The zero-order valence-corrected chi connectivity index (χ0v) is 8.05. The van der Waals surface area contributed by atoms with E-state index in [0.717, 1.165) is 5.52 Å². The number of fused-ring (bicyclic) bond motifs is 1. The summed E-state index contributed by atoms with van der Waals surface area (Å²) in [6, 6.07) is 5.81. The van der Waals surface area contributed by atoms with Crippen LogP contribution in [0.4, 0.5) is 0 Å². The molecular weight excluding hydrogens is 192 g/mol. The standard InChI is InChI=1S/C11H10N2O2/c14-11(15)8-2-1-3-9-10(8)12-6-13(9)7-4-5-7/h1-3,6-7H,4-5H2,(H,14,15). The number of carboxylic acids is 1. The molecule has 0 spiro atoms. The van der Waals surface area contributed by atoms with Gasteiger partial charge in [-0.25, -0.2) is 9.78 Å². The zero-order valence-electron chi connectivity index (χ0n) is 8.05. The molecule has 76 valence electrons. The summed E-state index contributed by atoms with van der Waals surface area (Å²) in [6.45, 7) is 0. The van der Waals surface area contributed by atoms with Gasteiger partial charge in [-0.3, -0.25) is 0 Å². The van der Waals surface area contributed by atoms with Crippen LogP contribution in [0.3, 0.4) is 0 Å². The first-order valence-corrected chi connectivity index (χ1v) is 4.96. The molecule has 0 aliphatic heterocycles. The summed E-state index contributed by atoms with van der Waals surface area (Å²) in [7, 11) is 0. The number of aromatic carboxylic acids is 1. The molecule has 3 rings (SSSR count). The highest BCUT2D eigenvalue weighted by Gasteiger charge is 2.25. The Morgan fingerprint density at radius 3 is 2.93 bits per heavy atom. The summed E-state index contributed by atoms with van der Waals surface area (Å²) in [4.78, 5) is 15.1. The Labute approximate surface area is 86.2 Å². The van der Waals surface area contributed by atoms with Gasteiger partial charge in [-0.15, -0.1) is 0 Å². The van der Waals surface area contributed by atoms with Gasteiger partial charge < -0.3 is 9.67 Å². The Hall–Kier alpha value is -1.84. The third-order valence-corrected chi connectivity index (χ3v) is 2.77. The van der Waals surface area contributed by atoms with Crippen molar-refractivity contribution in [1.29, 1.82) is 0 Å². The van der Waals surface area contributed by atoms with Gasteiger partial charge in [0.25, 0.3) is 0 Å². The third-order valence-electron chi connectivity index (χ3n) is 2.77. The molecule has 4 nitrogen and oxygen atoms in total. The fourth-order valence-electron chi connectivity index (χ4n) is 1.87. The summed E-state index contributed by atoms with van der Waals surface area (Å²) < 4.78 is 2.07. The van der Waals surface area contributed by atoms with Crippen molar-refractivity contribution in [1.82, 2.24) is 9.55 Å².